The van der Waals surface area contributed by atoms with E-state index in [1.165, 1.54) is 0 Å². The van der Waals surface area contributed by atoms with E-state index in [0.29, 0.717) is 12.6 Å². The van der Waals surface area contributed by atoms with Crippen molar-refractivity contribution in [2.75, 3.05) is 26.3 Å². The van der Waals surface area contributed by atoms with Gasteiger partial charge in [0.05, 0.1) is 12.7 Å². The van der Waals surface area contributed by atoms with Gasteiger partial charge in [-0.15, -0.1) is 0 Å². The SMILES string of the molecule is Cc1ccccc1OCC(=O)N[C@@H]1C[C@H]2CO[C@@H](c3ccc(Cl)cc3)CN2C1. The van der Waals surface area contributed by atoms with Crippen LogP contribution >= 0.6 is 11.6 Å². The zero-order valence-electron chi connectivity index (χ0n) is 15.9. The summed E-state index contributed by atoms with van der Waals surface area (Å²) in [6.45, 7) is 4.36. The Hall–Kier alpha value is -2.08. The summed E-state index contributed by atoms with van der Waals surface area (Å²) >= 11 is 5.98. The largest absolute Gasteiger partial charge is 0.484 e. The number of hydrogen-bond acceptors (Lipinski definition) is 4. The second kappa shape index (κ2) is 8.52. The summed E-state index contributed by atoms with van der Waals surface area (Å²) in [7, 11) is 0. The van der Waals surface area contributed by atoms with Gasteiger partial charge in [0.15, 0.2) is 6.61 Å². The van der Waals surface area contributed by atoms with Gasteiger partial charge < -0.3 is 14.8 Å². The van der Waals surface area contributed by atoms with Crippen molar-refractivity contribution < 1.29 is 14.3 Å². The van der Waals surface area contributed by atoms with Gasteiger partial charge >= 0.3 is 0 Å². The number of rotatable bonds is 5. The minimum Gasteiger partial charge on any atom is -0.484 e. The van der Waals surface area contributed by atoms with Gasteiger partial charge in [-0.25, -0.2) is 0 Å². The maximum Gasteiger partial charge on any atom is 0.258 e. The summed E-state index contributed by atoms with van der Waals surface area (Å²) in [5.74, 6) is 0.670. The van der Waals surface area contributed by atoms with E-state index >= 15 is 0 Å². The molecule has 2 aliphatic heterocycles. The molecule has 0 aliphatic carbocycles. The molecule has 2 aromatic rings. The molecule has 5 nitrogen and oxygen atoms in total. The second-order valence-electron chi connectivity index (χ2n) is 7.54. The minimum atomic E-state index is -0.0803. The second-order valence-corrected chi connectivity index (χ2v) is 7.97. The van der Waals surface area contributed by atoms with Crippen molar-refractivity contribution in [1.82, 2.24) is 10.2 Å². The van der Waals surface area contributed by atoms with Crippen molar-refractivity contribution in [2.45, 2.75) is 31.5 Å². The van der Waals surface area contributed by atoms with E-state index < -0.39 is 0 Å². The molecule has 28 heavy (non-hydrogen) atoms. The predicted octanol–water partition coefficient (Wildman–Crippen LogP) is 3.36. The van der Waals surface area contributed by atoms with E-state index in [1.807, 2.05) is 55.5 Å². The summed E-state index contributed by atoms with van der Waals surface area (Å²) in [5.41, 5.74) is 2.17. The number of carbonyl (C=O) groups is 1. The Morgan fingerprint density at radius 3 is 2.79 bits per heavy atom. The van der Waals surface area contributed by atoms with E-state index in [-0.39, 0.29) is 24.7 Å². The summed E-state index contributed by atoms with van der Waals surface area (Å²) < 4.78 is 11.7. The van der Waals surface area contributed by atoms with Crippen molar-refractivity contribution in [3.8, 4) is 5.75 Å². The Morgan fingerprint density at radius 2 is 2.00 bits per heavy atom. The summed E-state index contributed by atoms with van der Waals surface area (Å²) in [6, 6.07) is 16.0. The summed E-state index contributed by atoms with van der Waals surface area (Å²) in [6.07, 6.45) is 0.955. The van der Waals surface area contributed by atoms with Crippen molar-refractivity contribution in [2.24, 2.45) is 0 Å². The van der Waals surface area contributed by atoms with Gasteiger partial charge in [0.25, 0.3) is 5.91 Å². The molecule has 4 rings (SSSR count). The van der Waals surface area contributed by atoms with Crippen LogP contribution in [0.2, 0.25) is 5.02 Å². The average Bonchev–Trinajstić information content (AvgIpc) is 3.09. The number of fused-ring (bicyclic) bond motifs is 1. The van der Waals surface area contributed by atoms with Crippen LogP contribution in [0.4, 0.5) is 0 Å². The third kappa shape index (κ3) is 4.49. The maximum atomic E-state index is 12.3. The number of nitrogens with one attached hydrogen (secondary N) is 1. The fourth-order valence-corrected chi connectivity index (χ4v) is 4.11. The van der Waals surface area contributed by atoms with Gasteiger partial charge in [-0.1, -0.05) is 41.9 Å². The topological polar surface area (TPSA) is 50.8 Å². The molecule has 0 unspecified atom stereocenters. The molecule has 1 N–H and O–H groups in total. The average molecular weight is 401 g/mol. The number of benzene rings is 2. The first-order chi connectivity index (χ1) is 13.6. The lowest BCUT2D eigenvalue weighted by molar-refractivity contribution is -0.123. The fourth-order valence-electron chi connectivity index (χ4n) is 3.99. The van der Waals surface area contributed by atoms with Crippen LogP contribution in [0.15, 0.2) is 48.5 Å². The highest BCUT2D eigenvalue weighted by molar-refractivity contribution is 6.30. The fraction of sp³-hybridized carbons (Fsp3) is 0.409. The monoisotopic (exact) mass is 400 g/mol. The lowest BCUT2D eigenvalue weighted by Gasteiger charge is -2.35. The van der Waals surface area contributed by atoms with Crippen molar-refractivity contribution >= 4 is 17.5 Å². The highest BCUT2D eigenvalue weighted by Crippen LogP contribution is 2.30. The Bertz CT molecular complexity index is 827. The zero-order valence-corrected chi connectivity index (χ0v) is 16.7. The molecule has 3 atom stereocenters. The number of aryl methyl sites for hydroxylation is 1. The molecule has 0 bridgehead atoms. The van der Waals surface area contributed by atoms with Crippen LogP contribution in [-0.2, 0) is 9.53 Å². The first-order valence-electron chi connectivity index (χ1n) is 9.67. The molecule has 148 valence electrons. The van der Waals surface area contributed by atoms with Gasteiger partial charge in [-0.2, -0.15) is 0 Å². The van der Waals surface area contributed by atoms with Gasteiger partial charge in [0, 0.05) is 30.2 Å². The Labute approximate surface area is 170 Å². The molecule has 0 spiro atoms. The highest BCUT2D eigenvalue weighted by Gasteiger charge is 2.38. The number of halogens is 1. The summed E-state index contributed by atoms with van der Waals surface area (Å²) in [4.78, 5) is 14.7. The number of amides is 1. The maximum absolute atomic E-state index is 12.3. The number of hydrogen-bond donors (Lipinski definition) is 1. The number of carbonyl (C=O) groups excluding carboxylic acids is 1. The van der Waals surface area contributed by atoms with Crippen LogP contribution in [0, 0.1) is 6.92 Å². The first kappa shape index (κ1) is 19.2. The number of para-hydroxylation sites is 1. The molecule has 2 aromatic carbocycles. The Morgan fingerprint density at radius 1 is 1.21 bits per heavy atom. The van der Waals surface area contributed by atoms with E-state index in [4.69, 9.17) is 21.1 Å². The van der Waals surface area contributed by atoms with E-state index in [2.05, 4.69) is 10.2 Å². The van der Waals surface area contributed by atoms with Crippen LogP contribution in [0.1, 0.15) is 23.7 Å². The van der Waals surface area contributed by atoms with E-state index in [1.54, 1.807) is 0 Å². The Balaban J connectivity index is 1.27. The molecule has 2 fully saturated rings. The molecule has 2 aliphatic rings. The van der Waals surface area contributed by atoms with Gasteiger partial charge in [0.1, 0.15) is 5.75 Å². The van der Waals surface area contributed by atoms with Gasteiger partial charge in [-0.3, -0.25) is 9.69 Å². The lowest BCUT2D eigenvalue weighted by Crippen LogP contribution is -2.43. The molecule has 2 saturated heterocycles. The van der Waals surface area contributed by atoms with Crippen LogP contribution in [-0.4, -0.2) is 49.2 Å². The normalized spacial score (nSPS) is 24.6. The van der Waals surface area contributed by atoms with Gasteiger partial charge in [0.2, 0.25) is 0 Å². The highest BCUT2D eigenvalue weighted by atomic mass is 35.5. The molecule has 1 amide bonds. The number of morpholine rings is 1. The Kier molecular flexibility index (Phi) is 5.85. The molecule has 2 heterocycles. The van der Waals surface area contributed by atoms with Crippen molar-refractivity contribution in [1.29, 1.82) is 0 Å². The van der Waals surface area contributed by atoms with Crippen LogP contribution in [0.25, 0.3) is 0 Å². The quantitative estimate of drug-likeness (QED) is 0.836. The van der Waals surface area contributed by atoms with Crippen molar-refractivity contribution in [3.63, 3.8) is 0 Å². The molecule has 0 saturated carbocycles. The molecule has 6 heteroatoms. The molecule has 0 radical (unpaired) electrons. The predicted molar refractivity (Wildman–Crippen MR) is 109 cm³/mol. The van der Waals surface area contributed by atoms with Crippen LogP contribution in [0.3, 0.4) is 0 Å². The van der Waals surface area contributed by atoms with E-state index in [9.17, 15) is 4.79 Å². The number of ether oxygens (including phenoxy) is 2. The molecular weight excluding hydrogens is 376 g/mol. The molecular formula is C22H25ClN2O3. The van der Waals surface area contributed by atoms with Gasteiger partial charge in [-0.05, 0) is 42.7 Å². The third-order valence-electron chi connectivity index (χ3n) is 5.48. The third-order valence-corrected chi connectivity index (χ3v) is 5.73. The number of nitrogens with zero attached hydrogens (tertiary/aromatic N) is 1. The van der Waals surface area contributed by atoms with E-state index in [0.717, 1.165) is 41.4 Å². The standard InChI is InChI=1S/C22H25ClN2O3/c1-15-4-2-3-5-20(15)28-14-22(26)24-18-10-19-13-27-21(12-25(19)11-18)16-6-8-17(23)9-7-16/h2-9,18-19,21H,10-14H2,1H3,(H,24,26)/t18-,19+,21-/m1/s1. The lowest BCUT2D eigenvalue weighted by atomic mass is 10.1. The first-order valence-corrected chi connectivity index (χ1v) is 10.0. The van der Waals surface area contributed by atoms with Crippen LogP contribution < -0.4 is 10.1 Å². The zero-order chi connectivity index (χ0) is 19.5. The van der Waals surface area contributed by atoms with Crippen LogP contribution in [0.5, 0.6) is 5.75 Å². The smallest absolute Gasteiger partial charge is 0.258 e. The minimum absolute atomic E-state index is 0.0376. The van der Waals surface area contributed by atoms with Crippen molar-refractivity contribution in [3.05, 3.63) is 64.7 Å². The summed E-state index contributed by atoms with van der Waals surface area (Å²) in [5, 5.41) is 3.84. The molecule has 0 aromatic heterocycles.